The molecule has 32 heavy (non-hydrogen) atoms. The SMILES string of the molecule is CN(C)c1ccc(/N=N/c2ccc3nc4ccc(N)cc4[n+](-c4ccccc4)c3c2)cc1. The van der Waals surface area contributed by atoms with E-state index in [2.05, 4.69) is 31.8 Å². The number of benzene rings is 4. The van der Waals surface area contributed by atoms with Gasteiger partial charge in [-0.2, -0.15) is 10.2 Å². The zero-order chi connectivity index (χ0) is 22.1. The number of nitrogens with zero attached hydrogens (tertiary/aromatic N) is 5. The van der Waals surface area contributed by atoms with E-state index in [9.17, 15) is 0 Å². The van der Waals surface area contributed by atoms with E-state index in [1.54, 1.807) is 0 Å². The summed E-state index contributed by atoms with van der Waals surface area (Å²) in [6.07, 6.45) is 0. The van der Waals surface area contributed by atoms with Gasteiger partial charge in [0.15, 0.2) is 0 Å². The Labute approximate surface area is 186 Å². The summed E-state index contributed by atoms with van der Waals surface area (Å²) in [7, 11) is 4.03. The molecular formula is C26H23N6+. The fourth-order valence-electron chi connectivity index (χ4n) is 3.71. The monoisotopic (exact) mass is 419 g/mol. The smallest absolute Gasteiger partial charge is 0.239 e. The van der Waals surface area contributed by atoms with E-state index >= 15 is 0 Å². The highest BCUT2D eigenvalue weighted by molar-refractivity contribution is 5.85. The lowest BCUT2D eigenvalue weighted by molar-refractivity contribution is -0.538. The van der Waals surface area contributed by atoms with Gasteiger partial charge in [-0.25, -0.2) is 4.98 Å². The van der Waals surface area contributed by atoms with E-state index in [0.29, 0.717) is 5.69 Å². The second-order valence-electron chi connectivity index (χ2n) is 7.81. The van der Waals surface area contributed by atoms with Crippen molar-refractivity contribution in [2.45, 2.75) is 0 Å². The molecule has 0 amide bonds. The summed E-state index contributed by atoms with van der Waals surface area (Å²) in [4.78, 5) is 6.89. The third-order valence-electron chi connectivity index (χ3n) is 5.34. The maximum Gasteiger partial charge on any atom is 0.239 e. The Morgan fingerprint density at radius 3 is 2.06 bits per heavy atom. The molecule has 0 aliphatic rings. The van der Waals surface area contributed by atoms with Crippen LogP contribution in [0.4, 0.5) is 22.7 Å². The Balaban J connectivity index is 1.65. The topological polar surface area (TPSA) is 70.8 Å². The van der Waals surface area contributed by atoms with Crippen LogP contribution in [0.5, 0.6) is 0 Å². The molecule has 6 nitrogen and oxygen atoms in total. The molecule has 6 heteroatoms. The summed E-state index contributed by atoms with van der Waals surface area (Å²) in [6.45, 7) is 0. The molecule has 4 aromatic carbocycles. The second kappa shape index (κ2) is 8.07. The standard InChI is InChI=1S/C26H22N6/c1-31(2)21-12-9-19(10-13-21)29-30-20-11-15-24-26(17-20)32(22-6-4-3-5-7-22)25-16-18(27)8-14-23(25)28-24/h3-17,27H,1-2H3/p+1/b30-29+. The first-order chi connectivity index (χ1) is 15.6. The molecule has 0 radical (unpaired) electrons. The summed E-state index contributed by atoms with van der Waals surface area (Å²) in [5, 5.41) is 8.90. The maximum atomic E-state index is 6.11. The average Bonchev–Trinajstić information content (AvgIpc) is 2.82. The summed E-state index contributed by atoms with van der Waals surface area (Å²) in [6, 6.07) is 29.9. The Kier molecular flexibility index (Phi) is 4.95. The first-order valence-corrected chi connectivity index (χ1v) is 10.4. The van der Waals surface area contributed by atoms with Crippen molar-refractivity contribution in [3.05, 3.63) is 91.0 Å². The van der Waals surface area contributed by atoms with Crippen molar-refractivity contribution in [1.29, 1.82) is 0 Å². The predicted molar refractivity (Wildman–Crippen MR) is 130 cm³/mol. The van der Waals surface area contributed by atoms with Crippen molar-refractivity contribution in [3.8, 4) is 5.69 Å². The van der Waals surface area contributed by atoms with Crippen LogP contribution in [0.25, 0.3) is 27.8 Å². The van der Waals surface area contributed by atoms with Crippen LogP contribution in [-0.4, -0.2) is 19.1 Å². The zero-order valence-electron chi connectivity index (χ0n) is 18.0. The summed E-state index contributed by atoms with van der Waals surface area (Å²) in [5.74, 6) is 0. The second-order valence-corrected chi connectivity index (χ2v) is 7.81. The van der Waals surface area contributed by atoms with Crippen LogP contribution in [0.1, 0.15) is 0 Å². The largest absolute Gasteiger partial charge is 0.399 e. The van der Waals surface area contributed by atoms with Gasteiger partial charge >= 0.3 is 0 Å². The van der Waals surface area contributed by atoms with E-state index in [4.69, 9.17) is 10.7 Å². The van der Waals surface area contributed by atoms with Gasteiger partial charge < -0.3 is 10.6 Å². The Hall–Kier alpha value is -4.32. The molecule has 0 spiro atoms. The van der Waals surface area contributed by atoms with Crippen LogP contribution in [-0.2, 0) is 0 Å². The van der Waals surface area contributed by atoms with E-state index in [1.165, 1.54) is 0 Å². The third-order valence-corrected chi connectivity index (χ3v) is 5.34. The van der Waals surface area contributed by atoms with Crippen LogP contribution in [0, 0.1) is 0 Å². The molecule has 0 aliphatic carbocycles. The van der Waals surface area contributed by atoms with Gasteiger partial charge in [-0.05, 0) is 48.5 Å². The minimum Gasteiger partial charge on any atom is -0.399 e. The summed E-state index contributed by atoms with van der Waals surface area (Å²) in [5.41, 5.74) is 14.1. The highest BCUT2D eigenvalue weighted by Crippen LogP contribution is 2.25. The number of rotatable bonds is 4. The van der Waals surface area contributed by atoms with Crippen molar-refractivity contribution in [3.63, 3.8) is 0 Å². The normalized spacial score (nSPS) is 11.4. The summed E-state index contributed by atoms with van der Waals surface area (Å²) >= 11 is 0. The van der Waals surface area contributed by atoms with Gasteiger partial charge in [-0.1, -0.05) is 18.2 Å². The van der Waals surface area contributed by atoms with Gasteiger partial charge in [0.05, 0.1) is 11.4 Å². The zero-order valence-corrected chi connectivity index (χ0v) is 18.0. The fourth-order valence-corrected chi connectivity index (χ4v) is 3.71. The molecule has 156 valence electrons. The number of anilines is 2. The van der Waals surface area contributed by atoms with Gasteiger partial charge in [0.25, 0.3) is 0 Å². The van der Waals surface area contributed by atoms with E-state index in [1.807, 2.05) is 93.0 Å². The molecule has 0 atom stereocenters. The van der Waals surface area contributed by atoms with Crippen LogP contribution in [0.2, 0.25) is 0 Å². The highest BCUT2D eigenvalue weighted by atomic mass is 15.1. The van der Waals surface area contributed by atoms with Gasteiger partial charge in [0, 0.05) is 49.7 Å². The molecule has 0 aliphatic heterocycles. The quantitative estimate of drug-likeness (QED) is 0.175. The molecule has 5 aromatic rings. The van der Waals surface area contributed by atoms with E-state index in [0.717, 1.165) is 44.8 Å². The number of fused-ring (bicyclic) bond motifs is 2. The van der Waals surface area contributed by atoms with Crippen LogP contribution in [0.15, 0.2) is 101 Å². The first kappa shape index (κ1) is 19.6. The number of hydrogen-bond donors (Lipinski definition) is 1. The molecule has 0 fully saturated rings. The number of para-hydroxylation sites is 1. The van der Waals surface area contributed by atoms with Gasteiger partial charge in [-0.15, -0.1) is 4.57 Å². The Bertz CT molecular complexity index is 1440. The lowest BCUT2D eigenvalue weighted by Crippen LogP contribution is -2.33. The van der Waals surface area contributed by atoms with Crippen molar-refractivity contribution in [1.82, 2.24) is 4.98 Å². The minimum atomic E-state index is 0.695. The van der Waals surface area contributed by atoms with Gasteiger partial charge in [-0.3, -0.25) is 0 Å². The van der Waals surface area contributed by atoms with Gasteiger partial charge in [0.1, 0.15) is 11.0 Å². The predicted octanol–water partition coefficient (Wildman–Crippen LogP) is 5.73. The number of hydrogen-bond acceptors (Lipinski definition) is 5. The number of azo groups is 1. The first-order valence-electron chi connectivity index (χ1n) is 10.4. The lowest BCUT2D eigenvalue weighted by atomic mass is 10.2. The van der Waals surface area contributed by atoms with Crippen LogP contribution < -0.4 is 15.2 Å². The van der Waals surface area contributed by atoms with Gasteiger partial charge in [0.2, 0.25) is 16.7 Å². The number of nitrogen functional groups attached to an aromatic ring is 1. The highest BCUT2D eigenvalue weighted by Gasteiger charge is 2.20. The van der Waals surface area contributed by atoms with Crippen molar-refractivity contribution in [2.75, 3.05) is 24.7 Å². The fraction of sp³-hybridized carbons (Fsp3) is 0.0769. The number of nitrogens with two attached hydrogens (primary N) is 1. The molecular weight excluding hydrogens is 396 g/mol. The van der Waals surface area contributed by atoms with Crippen molar-refractivity contribution >= 4 is 44.8 Å². The molecule has 1 aromatic heterocycles. The molecule has 0 saturated carbocycles. The Morgan fingerprint density at radius 2 is 1.34 bits per heavy atom. The molecule has 5 rings (SSSR count). The van der Waals surface area contributed by atoms with Crippen molar-refractivity contribution in [2.24, 2.45) is 10.2 Å². The lowest BCUT2D eigenvalue weighted by Gasteiger charge is -2.11. The third kappa shape index (κ3) is 3.74. The van der Waals surface area contributed by atoms with Crippen molar-refractivity contribution < 1.29 is 4.57 Å². The molecule has 1 heterocycles. The molecule has 0 saturated heterocycles. The summed E-state index contributed by atoms with van der Waals surface area (Å²) < 4.78 is 2.17. The number of aromatic nitrogens is 2. The average molecular weight is 420 g/mol. The molecule has 0 bridgehead atoms. The maximum absolute atomic E-state index is 6.11. The van der Waals surface area contributed by atoms with Crippen LogP contribution >= 0.6 is 0 Å². The van der Waals surface area contributed by atoms with Crippen LogP contribution in [0.3, 0.4) is 0 Å². The Morgan fingerprint density at radius 1 is 0.719 bits per heavy atom. The minimum absolute atomic E-state index is 0.695. The van der Waals surface area contributed by atoms with E-state index in [-0.39, 0.29) is 0 Å². The van der Waals surface area contributed by atoms with E-state index < -0.39 is 0 Å². The molecule has 2 N–H and O–H groups in total. The molecule has 0 unspecified atom stereocenters.